The third-order valence-electron chi connectivity index (χ3n) is 2.10. The Morgan fingerprint density at radius 3 is 2.44 bits per heavy atom. The molecule has 0 saturated heterocycles. The highest BCUT2D eigenvalue weighted by molar-refractivity contribution is 5.69. The van der Waals surface area contributed by atoms with Gasteiger partial charge in [-0.3, -0.25) is 10.1 Å². The Labute approximate surface area is 89.4 Å². The molecule has 0 aliphatic carbocycles. The summed E-state index contributed by atoms with van der Waals surface area (Å²) in [5, 5.41) is 10.5. The molecule has 0 saturated carbocycles. The summed E-state index contributed by atoms with van der Waals surface area (Å²) in [6.45, 7) is 4.34. The zero-order chi connectivity index (χ0) is 12.5. The zero-order valence-electron chi connectivity index (χ0n) is 8.34. The van der Waals surface area contributed by atoms with E-state index in [1.54, 1.807) is 0 Å². The first kappa shape index (κ1) is 12.2. The molecule has 0 fully saturated rings. The molecule has 0 aliphatic heterocycles. The van der Waals surface area contributed by atoms with Gasteiger partial charge in [0, 0.05) is 11.6 Å². The lowest BCUT2D eigenvalue weighted by molar-refractivity contribution is -0.385. The van der Waals surface area contributed by atoms with Crippen molar-refractivity contribution in [2.45, 2.75) is 13.1 Å². The Morgan fingerprint density at radius 2 is 2.00 bits per heavy atom. The molecule has 0 unspecified atom stereocenters. The Bertz CT molecular complexity index is 452. The fourth-order valence-corrected chi connectivity index (χ4v) is 1.16. The summed E-state index contributed by atoms with van der Waals surface area (Å²) in [7, 11) is 0. The minimum atomic E-state index is -4.58. The van der Waals surface area contributed by atoms with Crippen LogP contribution in [0.4, 0.5) is 18.9 Å². The highest BCUT2D eigenvalue weighted by Gasteiger charge is 2.33. The van der Waals surface area contributed by atoms with Crippen molar-refractivity contribution in [1.82, 2.24) is 0 Å². The number of nitrogens with zero attached hydrogens (tertiary/aromatic N) is 1. The SMILES string of the molecule is C=C(c1ccc(C)c([N+](=O)[O-])c1)C(F)(F)F. The number of allylic oxidation sites excluding steroid dienone is 1. The molecule has 86 valence electrons. The Kier molecular flexibility index (Phi) is 3.02. The lowest BCUT2D eigenvalue weighted by atomic mass is 10.0. The maximum absolute atomic E-state index is 12.3. The number of nitro benzene ring substituents is 1. The van der Waals surface area contributed by atoms with E-state index in [9.17, 15) is 23.3 Å². The smallest absolute Gasteiger partial charge is 0.258 e. The van der Waals surface area contributed by atoms with Crippen molar-refractivity contribution >= 4 is 11.3 Å². The normalized spacial score (nSPS) is 11.2. The minimum Gasteiger partial charge on any atom is -0.258 e. The van der Waals surface area contributed by atoms with Gasteiger partial charge in [-0.1, -0.05) is 18.7 Å². The quantitative estimate of drug-likeness (QED) is 0.577. The number of halogens is 3. The molecule has 1 aromatic carbocycles. The van der Waals surface area contributed by atoms with Gasteiger partial charge in [-0.25, -0.2) is 0 Å². The van der Waals surface area contributed by atoms with Crippen molar-refractivity contribution in [1.29, 1.82) is 0 Å². The van der Waals surface area contributed by atoms with Gasteiger partial charge < -0.3 is 0 Å². The first-order valence-corrected chi connectivity index (χ1v) is 4.25. The van der Waals surface area contributed by atoms with E-state index in [0.717, 1.165) is 12.1 Å². The van der Waals surface area contributed by atoms with Gasteiger partial charge in [-0.2, -0.15) is 13.2 Å². The summed E-state index contributed by atoms with van der Waals surface area (Å²) >= 11 is 0. The van der Waals surface area contributed by atoms with Gasteiger partial charge in [-0.05, 0) is 12.5 Å². The summed E-state index contributed by atoms with van der Waals surface area (Å²) in [5.41, 5.74) is -1.41. The van der Waals surface area contributed by atoms with Crippen molar-refractivity contribution in [2.24, 2.45) is 0 Å². The molecule has 0 aliphatic rings. The van der Waals surface area contributed by atoms with Crippen LogP contribution in [0.25, 0.3) is 5.57 Å². The standard InChI is InChI=1S/C10H8F3NO2/c1-6-3-4-8(5-9(6)14(15)16)7(2)10(11,12)13/h3-5H,2H2,1H3. The molecule has 0 N–H and O–H groups in total. The molecule has 6 heteroatoms. The summed E-state index contributed by atoms with van der Waals surface area (Å²) in [6, 6.07) is 3.31. The fraction of sp³-hybridized carbons (Fsp3) is 0.200. The van der Waals surface area contributed by atoms with Crippen molar-refractivity contribution in [3.63, 3.8) is 0 Å². The van der Waals surface area contributed by atoms with Crippen LogP contribution < -0.4 is 0 Å². The second-order valence-electron chi connectivity index (χ2n) is 3.23. The second-order valence-corrected chi connectivity index (χ2v) is 3.23. The third kappa shape index (κ3) is 2.39. The zero-order valence-corrected chi connectivity index (χ0v) is 8.34. The highest BCUT2D eigenvalue weighted by Crippen LogP contribution is 2.34. The molecule has 1 rings (SSSR count). The number of rotatable bonds is 2. The van der Waals surface area contributed by atoms with Gasteiger partial charge >= 0.3 is 6.18 Å². The molecule has 16 heavy (non-hydrogen) atoms. The van der Waals surface area contributed by atoms with E-state index in [-0.39, 0.29) is 11.3 Å². The van der Waals surface area contributed by atoms with E-state index in [4.69, 9.17) is 0 Å². The topological polar surface area (TPSA) is 43.1 Å². The minimum absolute atomic E-state index is 0.287. The number of hydrogen-bond donors (Lipinski definition) is 0. The van der Waals surface area contributed by atoms with E-state index in [1.807, 2.05) is 0 Å². The molecule has 0 radical (unpaired) electrons. The number of hydrogen-bond acceptors (Lipinski definition) is 2. The van der Waals surface area contributed by atoms with Crippen molar-refractivity contribution < 1.29 is 18.1 Å². The van der Waals surface area contributed by atoms with Gasteiger partial charge in [0.05, 0.1) is 10.5 Å². The van der Waals surface area contributed by atoms with Crippen molar-refractivity contribution in [2.75, 3.05) is 0 Å². The summed E-state index contributed by atoms with van der Waals surface area (Å²) in [5.74, 6) is 0. The predicted molar refractivity (Wildman–Crippen MR) is 52.9 cm³/mol. The average Bonchev–Trinajstić information content (AvgIpc) is 2.15. The molecular weight excluding hydrogens is 223 g/mol. The summed E-state index contributed by atoms with van der Waals surface area (Å²) in [4.78, 5) is 9.82. The molecule has 0 atom stereocenters. The van der Waals surface area contributed by atoms with Crippen LogP contribution in [0.5, 0.6) is 0 Å². The second kappa shape index (κ2) is 3.96. The monoisotopic (exact) mass is 231 g/mol. The summed E-state index contributed by atoms with van der Waals surface area (Å²) < 4.78 is 36.9. The number of alkyl halides is 3. The van der Waals surface area contributed by atoms with Crippen LogP contribution in [0.2, 0.25) is 0 Å². The van der Waals surface area contributed by atoms with Crippen LogP contribution in [-0.2, 0) is 0 Å². The number of nitro groups is 1. The third-order valence-corrected chi connectivity index (χ3v) is 2.10. The van der Waals surface area contributed by atoms with Gasteiger partial charge in [-0.15, -0.1) is 0 Å². The van der Waals surface area contributed by atoms with Crippen LogP contribution in [0.1, 0.15) is 11.1 Å². The largest absolute Gasteiger partial charge is 0.416 e. The maximum Gasteiger partial charge on any atom is 0.416 e. The van der Waals surface area contributed by atoms with Crippen LogP contribution in [0, 0.1) is 17.0 Å². The number of aryl methyl sites for hydroxylation is 1. The van der Waals surface area contributed by atoms with Crippen LogP contribution in [0.3, 0.4) is 0 Å². The first-order valence-electron chi connectivity index (χ1n) is 4.25. The van der Waals surface area contributed by atoms with Gasteiger partial charge in [0.2, 0.25) is 0 Å². The van der Waals surface area contributed by atoms with E-state index in [0.29, 0.717) is 5.56 Å². The Balaban J connectivity index is 3.24. The van der Waals surface area contributed by atoms with E-state index in [1.165, 1.54) is 13.0 Å². The molecule has 0 amide bonds. The number of benzene rings is 1. The molecule has 1 aromatic rings. The van der Waals surface area contributed by atoms with Crippen molar-refractivity contribution in [3.05, 3.63) is 46.0 Å². The van der Waals surface area contributed by atoms with E-state index >= 15 is 0 Å². The van der Waals surface area contributed by atoms with Gasteiger partial charge in [0.15, 0.2) is 0 Å². The Morgan fingerprint density at radius 1 is 1.44 bits per heavy atom. The van der Waals surface area contributed by atoms with Crippen LogP contribution >= 0.6 is 0 Å². The Hall–Kier alpha value is -1.85. The average molecular weight is 231 g/mol. The van der Waals surface area contributed by atoms with Crippen molar-refractivity contribution in [3.8, 4) is 0 Å². The van der Waals surface area contributed by atoms with Crippen LogP contribution in [-0.4, -0.2) is 11.1 Å². The molecule has 3 nitrogen and oxygen atoms in total. The van der Waals surface area contributed by atoms with E-state index < -0.39 is 16.7 Å². The first-order chi connectivity index (χ1) is 7.23. The molecule has 0 spiro atoms. The fourth-order valence-electron chi connectivity index (χ4n) is 1.16. The summed E-state index contributed by atoms with van der Waals surface area (Å²) in [6.07, 6.45) is -4.58. The van der Waals surface area contributed by atoms with Gasteiger partial charge in [0.1, 0.15) is 0 Å². The molecule has 0 aromatic heterocycles. The van der Waals surface area contributed by atoms with Crippen LogP contribution in [0.15, 0.2) is 24.8 Å². The highest BCUT2D eigenvalue weighted by atomic mass is 19.4. The molecule has 0 bridgehead atoms. The van der Waals surface area contributed by atoms with Gasteiger partial charge in [0.25, 0.3) is 5.69 Å². The predicted octanol–water partition coefficient (Wildman–Crippen LogP) is 3.48. The lowest BCUT2D eigenvalue weighted by Gasteiger charge is -2.10. The lowest BCUT2D eigenvalue weighted by Crippen LogP contribution is -2.09. The molecular formula is C10H8F3NO2. The molecule has 0 heterocycles. The maximum atomic E-state index is 12.3. The van der Waals surface area contributed by atoms with E-state index in [2.05, 4.69) is 6.58 Å².